The summed E-state index contributed by atoms with van der Waals surface area (Å²) < 4.78 is 19.1. The Labute approximate surface area is 96.8 Å². The first-order valence-electron chi connectivity index (χ1n) is 5.84. The molecule has 1 atom stereocenters. The molecule has 0 saturated heterocycles. The summed E-state index contributed by atoms with van der Waals surface area (Å²) in [5.41, 5.74) is 0.686. The molecule has 0 bridgehead atoms. The number of rotatable bonds is 6. The van der Waals surface area contributed by atoms with Crippen LogP contribution >= 0.6 is 0 Å². The molecule has 1 N–H and O–H groups in total. The van der Waals surface area contributed by atoms with Gasteiger partial charge < -0.3 is 10.1 Å². The van der Waals surface area contributed by atoms with Gasteiger partial charge in [0.2, 0.25) is 0 Å². The van der Waals surface area contributed by atoms with Crippen LogP contribution in [-0.2, 0) is 0 Å². The molecule has 0 amide bonds. The molecule has 1 aromatic carbocycles. The van der Waals surface area contributed by atoms with Crippen molar-refractivity contribution in [3.63, 3.8) is 0 Å². The van der Waals surface area contributed by atoms with Crippen molar-refractivity contribution in [2.45, 2.75) is 33.2 Å². The maximum atomic E-state index is 13.7. The van der Waals surface area contributed by atoms with E-state index in [-0.39, 0.29) is 11.9 Å². The molecule has 0 fully saturated rings. The highest BCUT2D eigenvalue weighted by Crippen LogP contribution is 2.21. The van der Waals surface area contributed by atoms with Crippen LogP contribution < -0.4 is 10.1 Å². The van der Waals surface area contributed by atoms with Gasteiger partial charge in [0.1, 0.15) is 11.6 Å². The summed E-state index contributed by atoms with van der Waals surface area (Å²) in [4.78, 5) is 0. The highest BCUT2D eigenvalue weighted by Gasteiger charge is 2.10. The Morgan fingerprint density at radius 3 is 2.69 bits per heavy atom. The smallest absolute Gasteiger partial charge is 0.131 e. The van der Waals surface area contributed by atoms with Crippen LogP contribution in [0, 0.1) is 5.82 Å². The second kappa shape index (κ2) is 6.48. The summed E-state index contributed by atoms with van der Waals surface area (Å²) in [6, 6.07) is 5.10. The van der Waals surface area contributed by atoms with Crippen molar-refractivity contribution in [1.82, 2.24) is 5.32 Å². The van der Waals surface area contributed by atoms with Gasteiger partial charge in [-0.1, -0.05) is 19.9 Å². The highest BCUT2D eigenvalue weighted by atomic mass is 19.1. The van der Waals surface area contributed by atoms with Gasteiger partial charge in [0.15, 0.2) is 0 Å². The molecule has 90 valence electrons. The number of halogens is 1. The maximum absolute atomic E-state index is 13.7. The van der Waals surface area contributed by atoms with Gasteiger partial charge in [-0.15, -0.1) is 0 Å². The van der Waals surface area contributed by atoms with Gasteiger partial charge in [-0.05, 0) is 26.0 Å². The van der Waals surface area contributed by atoms with Crippen LogP contribution in [0.2, 0.25) is 0 Å². The number of hydrogen-bond donors (Lipinski definition) is 1. The number of benzene rings is 1. The lowest BCUT2D eigenvalue weighted by atomic mass is 10.1. The van der Waals surface area contributed by atoms with E-state index in [1.807, 2.05) is 26.8 Å². The van der Waals surface area contributed by atoms with Crippen molar-refractivity contribution in [1.29, 1.82) is 0 Å². The molecule has 16 heavy (non-hydrogen) atoms. The van der Waals surface area contributed by atoms with Crippen LogP contribution in [0.5, 0.6) is 5.75 Å². The second-order valence-corrected chi connectivity index (χ2v) is 3.81. The van der Waals surface area contributed by atoms with Crippen LogP contribution in [0.4, 0.5) is 4.39 Å². The van der Waals surface area contributed by atoms with Crippen molar-refractivity contribution in [2.75, 3.05) is 13.2 Å². The summed E-state index contributed by atoms with van der Waals surface area (Å²) in [7, 11) is 0. The van der Waals surface area contributed by atoms with Crippen LogP contribution in [0.15, 0.2) is 18.2 Å². The van der Waals surface area contributed by atoms with Crippen molar-refractivity contribution in [2.24, 2.45) is 0 Å². The zero-order valence-electron chi connectivity index (χ0n) is 10.2. The fraction of sp³-hybridized carbons (Fsp3) is 0.538. The Kier molecular flexibility index (Phi) is 5.26. The first-order valence-corrected chi connectivity index (χ1v) is 5.84. The van der Waals surface area contributed by atoms with Gasteiger partial charge in [-0.2, -0.15) is 0 Å². The third kappa shape index (κ3) is 3.49. The standard InChI is InChI=1S/C13H20FNO/c1-4-8-16-11-6-7-12(13(14)9-11)10(3)15-5-2/h6-7,9-10,15H,4-5,8H2,1-3H3. The fourth-order valence-corrected chi connectivity index (χ4v) is 1.58. The van der Waals surface area contributed by atoms with Crippen molar-refractivity contribution >= 4 is 0 Å². The number of ether oxygens (including phenoxy) is 1. The van der Waals surface area contributed by atoms with E-state index in [9.17, 15) is 4.39 Å². The van der Waals surface area contributed by atoms with Crippen LogP contribution in [0.1, 0.15) is 38.8 Å². The summed E-state index contributed by atoms with van der Waals surface area (Å²) >= 11 is 0. The molecular formula is C13H20FNO. The van der Waals surface area contributed by atoms with E-state index in [1.54, 1.807) is 6.07 Å². The third-order valence-electron chi connectivity index (χ3n) is 2.42. The molecule has 1 rings (SSSR count). The average molecular weight is 225 g/mol. The molecular weight excluding hydrogens is 205 g/mol. The van der Waals surface area contributed by atoms with Crippen LogP contribution in [0.3, 0.4) is 0 Å². The van der Waals surface area contributed by atoms with E-state index >= 15 is 0 Å². The van der Waals surface area contributed by atoms with Crippen molar-refractivity contribution < 1.29 is 9.13 Å². The van der Waals surface area contributed by atoms with E-state index in [0.717, 1.165) is 13.0 Å². The molecule has 0 aromatic heterocycles. The Bertz CT molecular complexity index is 328. The lowest BCUT2D eigenvalue weighted by Crippen LogP contribution is -2.18. The maximum Gasteiger partial charge on any atom is 0.131 e. The molecule has 0 spiro atoms. The van der Waals surface area contributed by atoms with Gasteiger partial charge in [0, 0.05) is 17.7 Å². The van der Waals surface area contributed by atoms with E-state index in [0.29, 0.717) is 17.9 Å². The zero-order chi connectivity index (χ0) is 12.0. The lowest BCUT2D eigenvalue weighted by molar-refractivity contribution is 0.315. The lowest BCUT2D eigenvalue weighted by Gasteiger charge is -2.14. The fourth-order valence-electron chi connectivity index (χ4n) is 1.58. The molecule has 0 heterocycles. The Hall–Kier alpha value is -1.09. The number of nitrogens with one attached hydrogen (secondary N) is 1. The first kappa shape index (κ1) is 13.0. The quantitative estimate of drug-likeness (QED) is 0.802. The normalized spacial score (nSPS) is 12.5. The molecule has 0 aliphatic carbocycles. The van der Waals surface area contributed by atoms with Gasteiger partial charge in [0.25, 0.3) is 0 Å². The summed E-state index contributed by atoms with van der Waals surface area (Å²) in [5.74, 6) is 0.397. The van der Waals surface area contributed by atoms with Crippen molar-refractivity contribution in [3.8, 4) is 5.75 Å². The SMILES string of the molecule is CCCOc1ccc(C(C)NCC)c(F)c1. The van der Waals surface area contributed by atoms with Crippen LogP contribution in [0.25, 0.3) is 0 Å². The minimum Gasteiger partial charge on any atom is -0.494 e. The Morgan fingerprint density at radius 2 is 2.12 bits per heavy atom. The monoisotopic (exact) mass is 225 g/mol. The largest absolute Gasteiger partial charge is 0.494 e. The van der Waals surface area contributed by atoms with Gasteiger partial charge in [-0.3, -0.25) is 0 Å². The predicted octanol–water partition coefficient (Wildman–Crippen LogP) is 3.29. The van der Waals surface area contributed by atoms with Gasteiger partial charge in [0.05, 0.1) is 6.61 Å². The third-order valence-corrected chi connectivity index (χ3v) is 2.42. The predicted molar refractivity (Wildman–Crippen MR) is 64.3 cm³/mol. The molecule has 1 unspecified atom stereocenters. The minimum absolute atomic E-state index is 0.0326. The molecule has 0 radical (unpaired) electrons. The Balaban J connectivity index is 2.74. The number of hydrogen-bond acceptors (Lipinski definition) is 2. The highest BCUT2D eigenvalue weighted by molar-refractivity contribution is 5.30. The molecule has 3 heteroatoms. The summed E-state index contributed by atoms with van der Waals surface area (Å²) in [6.07, 6.45) is 0.928. The first-order chi connectivity index (χ1) is 7.69. The van der Waals surface area contributed by atoms with Crippen LogP contribution in [-0.4, -0.2) is 13.2 Å². The van der Waals surface area contributed by atoms with E-state index < -0.39 is 0 Å². The topological polar surface area (TPSA) is 21.3 Å². The van der Waals surface area contributed by atoms with E-state index in [1.165, 1.54) is 6.07 Å². The molecule has 2 nitrogen and oxygen atoms in total. The van der Waals surface area contributed by atoms with Gasteiger partial charge in [-0.25, -0.2) is 4.39 Å². The second-order valence-electron chi connectivity index (χ2n) is 3.81. The summed E-state index contributed by atoms with van der Waals surface area (Å²) in [5, 5.41) is 3.18. The van der Waals surface area contributed by atoms with Gasteiger partial charge >= 0.3 is 0 Å². The molecule has 1 aromatic rings. The molecule has 0 aliphatic rings. The molecule has 0 saturated carbocycles. The molecule has 0 aliphatic heterocycles. The average Bonchev–Trinajstić information content (AvgIpc) is 2.26. The van der Waals surface area contributed by atoms with E-state index in [4.69, 9.17) is 4.74 Å². The van der Waals surface area contributed by atoms with Crippen molar-refractivity contribution in [3.05, 3.63) is 29.6 Å². The Morgan fingerprint density at radius 1 is 1.38 bits per heavy atom. The zero-order valence-corrected chi connectivity index (χ0v) is 10.2. The van der Waals surface area contributed by atoms with E-state index in [2.05, 4.69) is 5.32 Å². The summed E-state index contributed by atoms with van der Waals surface area (Å²) in [6.45, 7) is 7.44. The minimum atomic E-state index is -0.206.